The van der Waals surface area contributed by atoms with Gasteiger partial charge in [0.25, 0.3) is 5.91 Å². The number of hydrogen-bond donors (Lipinski definition) is 0. The molecule has 2 heterocycles. The molecule has 1 aliphatic carbocycles. The van der Waals surface area contributed by atoms with Crippen molar-refractivity contribution < 1.29 is 9.53 Å². The fourth-order valence-electron chi connectivity index (χ4n) is 5.01. The van der Waals surface area contributed by atoms with Gasteiger partial charge in [-0.15, -0.1) is 0 Å². The molecule has 128 valence electrons. The molecule has 5 rings (SSSR count). The van der Waals surface area contributed by atoms with Crippen molar-refractivity contribution in [2.75, 3.05) is 6.61 Å². The molecule has 1 saturated carbocycles. The van der Waals surface area contributed by atoms with E-state index in [1.807, 2.05) is 18.2 Å². The predicted molar refractivity (Wildman–Crippen MR) is 96.3 cm³/mol. The minimum absolute atomic E-state index is 0.132. The third-order valence-electron chi connectivity index (χ3n) is 6.23. The van der Waals surface area contributed by atoms with E-state index in [0.29, 0.717) is 5.92 Å². The second-order valence-corrected chi connectivity index (χ2v) is 7.65. The van der Waals surface area contributed by atoms with Crippen LogP contribution in [0.1, 0.15) is 52.7 Å². The quantitative estimate of drug-likeness (QED) is 0.781. The van der Waals surface area contributed by atoms with Crippen LogP contribution >= 0.6 is 0 Å². The Morgan fingerprint density at radius 3 is 2.64 bits per heavy atom. The van der Waals surface area contributed by atoms with Gasteiger partial charge in [-0.05, 0) is 25.8 Å². The highest BCUT2D eigenvalue weighted by molar-refractivity contribution is 6.00. The molecule has 0 bridgehead atoms. The number of benzene rings is 2. The average Bonchev–Trinajstić information content (AvgIpc) is 2.93. The Balaban J connectivity index is 1.74. The van der Waals surface area contributed by atoms with Gasteiger partial charge in [-0.2, -0.15) is 0 Å². The lowest BCUT2D eigenvalue weighted by Crippen LogP contribution is -2.60. The summed E-state index contributed by atoms with van der Waals surface area (Å²) in [7, 11) is 0. The zero-order valence-electron chi connectivity index (χ0n) is 14.6. The van der Waals surface area contributed by atoms with Crippen LogP contribution in [-0.2, 0) is 10.5 Å². The standard InChI is InChI=1S/C22H23NO2/c1-15-10-12-17(13-11-15)22-19-8-4-3-7-18(19)21(24)23(22)20-9-5-2-6-16(20)14-25-22/h3-4,7-8,10-13,16,20H,2,5-6,9,14H2,1H3/t16-,20+,22+/m0/s1. The topological polar surface area (TPSA) is 29.5 Å². The highest BCUT2D eigenvalue weighted by Crippen LogP contribution is 2.52. The molecular formula is C22H23NO2. The normalized spacial score (nSPS) is 30.6. The van der Waals surface area contributed by atoms with Gasteiger partial charge in [0.2, 0.25) is 0 Å². The first-order chi connectivity index (χ1) is 12.2. The van der Waals surface area contributed by atoms with Gasteiger partial charge in [0, 0.05) is 28.7 Å². The van der Waals surface area contributed by atoms with Crippen LogP contribution in [0.2, 0.25) is 0 Å². The van der Waals surface area contributed by atoms with Crippen LogP contribution in [0.4, 0.5) is 0 Å². The molecule has 2 aliphatic heterocycles. The van der Waals surface area contributed by atoms with E-state index < -0.39 is 5.72 Å². The van der Waals surface area contributed by atoms with E-state index >= 15 is 0 Å². The van der Waals surface area contributed by atoms with Gasteiger partial charge in [0.15, 0.2) is 5.72 Å². The van der Waals surface area contributed by atoms with Crippen molar-refractivity contribution in [1.82, 2.24) is 4.90 Å². The minimum Gasteiger partial charge on any atom is -0.347 e. The van der Waals surface area contributed by atoms with Crippen LogP contribution in [0, 0.1) is 12.8 Å². The molecule has 1 amide bonds. The predicted octanol–water partition coefficient (Wildman–Crippen LogP) is 4.24. The highest BCUT2D eigenvalue weighted by Gasteiger charge is 2.58. The third-order valence-corrected chi connectivity index (χ3v) is 6.23. The summed E-state index contributed by atoms with van der Waals surface area (Å²) >= 11 is 0. The third kappa shape index (κ3) is 1.99. The van der Waals surface area contributed by atoms with E-state index in [1.54, 1.807) is 0 Å². The maximum Gasteiger partial charge on any atom is 0.257 e. The number of carbonyl (C=O) groups is 1. The molecule has 2 fully saturated rings. The first-order valence-corrected chi connectivity index (χ1v) is 9.36. The summed E-state index contributed by atoms with van der Waals surface area (Å²) in [6.07, 6.45) is 4.69. The van der Waals surface area contributed by atoms with E-state index in [1.165, 1.54) is 18.4 Å². The van der Waals surface area contributed by atoms with E-state index in [9.17, 15) is 4.79 Å². The van der Waals surface area contributed by atoms with Gasteiger partial charge in [-0.1, -0.05) is 60.9 Å². The van der Waals surface area contributed by atoms with Gasteiger partial charge in [0.1, 0.15) is 0 Å². The molecule has 0 N–H and O–H groups in total. The minimum atomic E-state index is -0.750. The second kappa shape index (κ2) is 5.43. The van der Waals surface area contributed by atoms with E-state index in [2.05, 4.69) is 42.2 Å². The fourth-order valence-corrected chi connectivity index (χ4v) is 5.01. The number of aryl methyl sites for hydroxylation is 1. The Morgan fingerprint density at radius 2 is 1.80 bits per heavy atom. The van der Waals surface area contributed by atoms with Crippen molar-refractivity contribution >= 4 is 5.91 Å². The largest absolute Gasteiger partial charge is 0.347 e. The molecule has 3 aliphatic rings. The van der Waals surface area contributed by atoms with Crippen molar-refractivity contribution in [2.24, 2.45) is 5.92 Å². The Bertz CT molecular complexity index is 828. The van der Waals surface area contributed by atoms with E-state index in [4.69, 9.17) is 4.74 Å². The van der Waals surface area contributed by atoms with E-state index in [0.717, 1.165) is 36.1 Å². The smallest absolute Gasteiger partial charge is 0.257 e. The molecule has 3 atom stereocenters. The van der Waals surface area contributed by atoms with Gasteiger partial charge < -0.3 is 4.74 Å². The summed E-state index contributed by atoms with van der Waals surface area (Å²) < 4.78 is 6.59. The van der Waals surface area contributed by atoms with Crippen molar-refractivity contribution in [3.8, 4) is 0 Å². The Hall–Kier alpha value is -2.13. The Morgan fingerprint density at radius 1 is 1.04 bits per heavy atom. The molecule has 0 radical (unpaired) electrons. The number of amides is 1. The van der Waals surface area contributed by atoms with Gasteiger partial charge in [-0.25, -0.2) is 0 Å². The summed E-state index contributed by atoms with van der Waals surface area (Å²) in [4.78, 5) is 15.5. The molecule has 0 unspecified atom stereocenters. The zero-order chi connectivity index (χ0) is 17.0. The van der Waals surface area contributed by atoms with Crippen molar-refractivity contribution in [2.45, 2.75) is 44.4 Å². The highest BCUT2D eigenvalue weighted by atomic mass is 16.5. The summed E-state index contributed by atoms with van der Waals surface area (Å²) in [5.74, 6) is 0.596. The zero-order valence-corrected chi connectivity index (χ0v) is 14.6. The molecule has 0 spiro atoms. The van der Waals surface area contributed by atoms with Crippen LogP contribution in [0.5, 0.6) is 0 Å². The number of hydrogen-bond acceptors (Lipinski definition) is 2. The summed E-state index contributed by atoms with van der Waals surface area (Å²) in [6.45, 7) is 2.82. The van der Waals surface area contributed by atoms with Crippen LogP contribution in [0.15, 0.2) is 48.5 Å². The van der Waals surface area contributed by atoms with Gasteiger partial charge >= 0.3 is 0 Å². The number of nitrogens with zero attached hydrogens (tertiary/aromatic N) is 1. The number of rotatable bonds is 1. The Kier molecular flexibility index (Phi) is 3.29. The van der Waals surface area contributed by atoms with Crippen LogP contribution in [-0.4, -0.2) is 23.5 Å². The maximum absolute atomic E-state index is 13.4. The fraction of sp³-hybridized carbons (Fsp3) is 0.409. The van der Waals surface area contributed by atoms with Crippen LogP contribution in [0.3, 0.4) is 0 Å². The molecule has 3 nitrogen and oxygen atoms in total. The van der Waals surface area contributed by atoms with E-state index in [-0.39, 0.29) is 11.9 Å². The molecule has 2 aromatic rings. The van der Waals surface area contributed by atoms with Crippen LogP contribution in [0.25, 0.3) is 0 Å². The van der Waals surface area contributed by atoms with Gasteiger partial charge in [-0.3, -0.25) is 9.69 Å². The average molecular weight is 333 g/mol. The van der Waals surface area contributed by atoms with Crippen molar-refractivity contribution in [1.29, 1.82) is 0 Å². The van der Waals surface area contributed by atoms with Crippen LogP contribution < -0.4 is 0 Å². The maximum atomic E-state index is 13.4. The molecular weight excluding hydrogens is 310 g/mol. The number of fused-ring (bicyclic) bond motifs is 5. The lowest BCUT2D eigenvalue weighted by Gasteiger charge is -2.52. The number of ether oxygens (including phenoxy) is 1. The summed E-state index contributed by atoms with van der Waals surface area (Å²) in [5, 5.41) is 0. The van der Waals surface area contributed by atoms with Gasteiger partial charge in [0.05, 0.1) is 6.61 Å². The molecule has 3 heteroatoms. The SMILES string of the molecule is Cc1ccc([C@]23OC[C@@H]4CCCC[C@H]4N2C(=O)c2ccccc23)cc1. The monoisotopic (exact) mass is 333 g/mol. The lowest BCUT2D eigenvalue weighted by atomic mass is 9.80. The second-order valence-electron chi connectivity index (χ2n) is 7.65. The Labute approximate surface area is 148 Å². The number of carbonyl (C=O) groups excluding carboxylic acids is 1. The molecule has 25 heavy (non-hydrogen) atoms. The van der Waals surface area contributed by atoms with Crippen molar-refractivity contribution in [3.63, 3.8) is 0 Å². The summed E-state index contributed by atoms with van der Waals surface area (Å²) in [5.41, 5.74) is 3.35. The molecule has 2 aromatic carbocycles. The molecule has 0 aromatic heterocycles. The first-order valence-electron chi connectivity index (χ1n) is 9.36. The summed E-state index contributed by atoms with van der Waals surface area (Å²) in [6, 6.07) is 16.8. The first kappa shape index (κ1) is 15.2. The lowest BCUT2D eigenvalue weighted by molar-refractivity contribution is -0.189. The molecule has 1 saturated heterocycles. The van der Waals surface area contributed by atoms with Crippen molar-refractivity contribution in [3.05, 3.63) is 70.8 Å².